The summed E-state index contributed by atoms with van der Waals surface area (Å²) in [5.41, 5.74) is 2.75. The molecule has 1 aliphatic rings. The van der Waals surface area contributed by atoms with Crippen LogP contribution in [0, 0.1) is 0 Å². The summed E-state index contributed by atoms with van der Waals surface area (Å²) in [5.74, 6) is 0.325. The second-order valence-electron chi connectivity index (χ2n) is 5.93. The predicted molar refractivity (Wildman–Crippen MR) is 96.3 cm³/mol. The van der Waals surface area contributed by atoms with Gasteiger partial charge in [-0.3, -0.25) is 4.79 Å². The molecule has 2 aromatic carbocycles. The van der Waals surface area contributed by atoms with Crippen molar-refractivity contribution in [2.75, 3.05) is 0 Å². The normalized spacial score (nSPS) is 19.0. The predicted octanol–water partition coefficient (Wildman–Crippen LogP) is 3.92. The van der Waals surface area contributed by atoms with E-state index in [9.17, 15) is 4.79 Å². The average molecular weight is 382 g/mol. The summed E-state index contributed by atoms with van der Waals surface area (Å²) in [7, 11) is 0. The highest BCUT2D eigenvalue weighted by Crippen LogP contribution is 2.40. The molecule has 1 heterocycles. The summed E-state index contributed by atoms with van der Waals surface area (Å²) < 4.78 is 2.39. The highest BCUT2D eigenvalue weighted by Gasteiger charge is 2.39. The summed E-state index contributed by atoms with van der Waals surface area (Å²) >= 11 is 3.50. The first-order chi connectivity index (χ1) is 11.7. The Bertz CT molecular complexity index is 861. The number of hydrogen-bond acceptors (Lipinski definition) is 2. The van der Waals surface area contributed by atoms with E-state index in [1.54, 1.807) is 10.9 Å². The van der Waals surface area contributed by atoms with Crippen LogP contribution in [0.1, 0.15) is 28.3 Å². The van der Waals surface area contributed by atoms with Gasteiger partial charge in [0.15, 0.2) is 0 Å². The SMILES string of the molecule is O=C(N[C@@H]1C[C@H]1c1ccccc1)c1cnn(-c2ccccc2)c1Br. The Balaban J connectivity index is 1.48. The number of para-hydroxylation sites is 1. The van der Waals surface area contributed by atoms with E-state index in [0.29, 0.717) is 16.1 Å². The van der Waals surface area contributed by atoms with E-state index in [1.807, 2.05) is 48.5 Å². The largest absolute Gasteiger partial charge is 0.349 e. The summed E-state index contributed by atoms with van der Waals surface area (Å²) in [5, 5.41) is 7.42. The number of nitrogens with one attached hydrogen (secondary N) is 1. The van der Waals surface area contributed by atoms with Crippen LogP contribution < -0.4 is 5.32 Å². The van der Waals surface area contributed by atoms with Gasteiger partial charge in [-0.05, 0) is 40.0 Å². The molecule has 1 aliphatic carbocycles. The minimum Gasteiger partial charge on any atom is -0.349 e. The van der Waals surface area contributed by atoms with Crippen molar-refractivity contribution in [2.24, 2.45) is 0 Å². The zero-order valence-electron chi connectivity index (χ0n) is 12.9. The first-order valence-corrected chi connectivity index (χ1v) is 8.68. The van der Waals surface area contributed by atoms with Crippen LogP contribution in [-0.2, 0) is 0 Å². The summed E-state index contributed by atoms with van der Waals surface area (Å²) in [6, 6.07) is 20.2. The minimum atomic E-state index is -0.0903. The van der Waals surface area contributed by atoms with Gasteiger partial charge in [-0.1, -0.05) is 48.5 Å². The maximum atomic E-state index is 12.5. The van der Waals surface area contributed by atoms with E-state index in [2.05, 4.69) is 38.5 Å². The van der Waals surface area contributed by atoms with Crippen molar-refractivity contribution >= 4 is 21.8 Å². The first kappa shape index (κ1) is 15.1. The van der Waals surface area contributed by atoms with Crippen molar-refractivity contribution in [3.05, 3.63) is 82.6 Å². The molecule has 1 N–H and O–H groups in total. The number of amides is 1. The van der Waals surface area contributed by atoms with Gasteiger partial charge in [0.25, 0.3) is 5.91 Å². The Morgan fingerprint density at radius 3 is 2.46 bits per heavy atom. The van der Waals surface area contributed by atoms with E-state index in [4.69, 9.17) is 0 Å². The molecule has 0 bridgehead atoms. The van der Waals surface area contributed by atoms with Crippen molar-refractivity contribution in [3.63, 3.8) is 0 Å². The number of carbonyl (C=O) groups excluding carboxylic acids is 1. The van der Waals surface area contributed by atoms with Crippen molar-refractivity contribution in [2.45, 2.75) is 18.4 Å². The number of nitrogens with zero attached hydrogens (tertiary/aromatic N) is 2. The lowest BCUT2D eigenvalue weighted by atomic mass is 10.1. The molecule has 120 valence electrons. The zero-order chi connectivity index (χ0) is 16.5. The lowest BCUT2D eigenvalue weighted by molar-refractivity contribution is 0.0949. The van der Waals surface area contributed by atoms with Gasteiger partial charge in [-0.25, -0.2) is 4.68 Å². The Labute approximate surface area is 148 Å². The zero-order valence-corrected chi connectivity index (χ0v) is 14.5. The van der Waals surface area contributed by atoms with Gasteiger partial charge < -0.3 is 5.32 Å². The quantitative estimate of drug-likeness (QED) is 0.744. The van der Waals surface area contributed by atoms with Gasteiger partial charge >= 0.3 is 0 Å². The van der Waals surface area contributed by atoms with Crippen LogP contribution in [0.25, 0.3) is 5.69 Å². The highest BCUT2D eigenvalue weighted by molar-refractivity contribution is 9.10. The van der Waals surface area contributed by atoms with Crippen LogP contribution >= 0.6 is 15.9 Å². The number of rotatable bonds is 4. The van der Waals surface area contributed by atoms with Crippen LogP contribution in [-0.4, -0.2) is 21.7 Å². The fourth-order valence-corrected chi connectivity index (χ4v) is 3.48. The molecule has 0 radical (unpaired) electrons. The molecule has 2 atom stereocenters. The Morgan fingerprint density at radius 2 is 1.75 bits per heavy atom. The maximum absolute atomic E-state index is 12.5. The van der Waals surface area contributed by atoms with Gasteiger partial charge in [-0.15, -0.1) is 0 Å². The summed E-state index contributed by atoms with van der Waals surface area (Å²) in [6.07, 6.45) is 2.59. The number of aromatic nitrogens is 2. The van der Waals surface area contributed by atoms with Crippen LogP contribution in [0.3, 0.4) is 0 Å². The molecule has 1 fully saturated rings. The molecule has 1 amide bonds. The molecule has 1 aromatic heterocycles. The van der Waals surface area contributed by atoms with E-state index in [-0.39, 0.29) is 11.9 Å². The maximum Gasteiger partial charge on any atom is 0.255 e. The smallest absolute Gasteiger partial charge is 0.255 e. The molecular formula is C19H16BrN3O. The van der Waals surface area contributed by atoms with Crippen LogP contribution in [0.5, 0.6) is 0 Å². The Kier molecular flexibility index (Phi) is 3.94. The van der Waals surface area contributed by atoms with Gasteiger partial charge in [0.05, 0.1) is 17.4 Å². The lowest BCUT2D eigenvalue weighted by Crippen LogP contribution is -2.26. The second kappa shape index (κ2) is 6.24. The second-order valence-corrected chi connectivity index (χ2v) is 6.68. The molecule has 5 heteroatoms. The third-order valence-corrected chi connectivity index (χ3v) is 5.05. The molecule has 4 nitrogen and oxygen atoms in total. The van der Waals surface area contributed by atoms with Crippen LogP contribution in [0.15, 0.2) is 71.5 Å². The monoisotopic (exact) mass is 381 g/mol. The lowest BCUT2D eigenvalue weighted by Gasteiger charge is -2.05. The molecule has 0 unspecified atom stereocenters. The molecule has 1 saturated carbocycles. The summed E-state index contributed by atoms with van der Waals surface area (Å²) in [4.78, 5) is 12.5. The first-order valence-electron chi connectivity index (χ1n) is 7.89. The fraction of sp³-hybridized carbons (Fsp3) is 0.158. The summed E-state index contributed by atoms with van der Waals surface area (Å²) in [6.45, 7) is 0. The number of carbonyl (C=O) groups is 1. The van der Waals surface area contributed by atoms with Crippen molar-refractivity contribution in [1.29, 1.82) is 0 Å². The Hall–Kier alpha value is -2.40. The van der Waals surface area contributed by atoms with E-state index in [1.165, 1.54) is 5.56 Å². The van der Waals surface area contributed by atoms with Gasteiger partial charge in [-0.2, -0.15) is 5.10 Å². The van der Waals surface area contributed by atoms with Crippen molar-refractivity contribution in [1.82, 2.24) is 15.1 Å². The minimum absolute atomic E-state index is 0.0903. The number of halogens is 1. The molecule has 4 rings (SSSR count). The van der Waals surface area contributed by atoms with E-state index < -0.39 is 0 Å². The van der Waals surface area contributed by atoms with Crippen LogP contribution in [0.4, 0.5) is 0 Å². The highest BCUT2D eigenvalue weighted by atomic mass is 79.9. The Morgan fingerprint density at radius 1 is 1.08 bits per heavy atom. The third-order valence-electron chi connectivity index (χ3n) is 4.29. The van der Waals surface area contributed by atoms with Gasteiger partial charge in [0, 0.05) is 12.0 Å². The fourth-order valence-electron chi connectivity index (χ4n) is 2.90. The molecule has 0 spiro atoms. The molecule has 0 saturated heterocycles. The van der Waals surface area contributed by atoms with Crippen molar-refractivity contribution < 1.29 is 4.79 Å². The van der Waals surface area contributed by atoms with E-state index in [0.717, 1.165) is 12.1 Å². The molecule has 24 heavy (non-hydrogen) atoms. The topological polar surface area (TPSA) is 46.9 Å². The molecule has 3 aromatic rings. The third kappa shape index (κ3) is 2.87. The standard InChI is InChI=1S/C19H16BrN3O/c20-18-16(12-21-23(18)14-9-5-2-6-10-14)19(24)22-17-11-15(17)13-7-3-1-4-8-13/h1-10,12,15,17H,11H2,(H,22,24)/t15-,17+/m0/s1. The van der Waals surface area contributed by atoms with Crippen molar-refractivity contribution in [3.8, 4) is 5.69 Å². The van der Waals surface area contributed by atoms with Crippen LogP contribution in [0.2, 0.25) is 0 Å². The number of benzene rings is 2. The van der Waals surface area contributed by atoms with Gasteiger partial charge in [0.1, 0.15) is 4.60 Å². The number of hydrogen-bond donors (Lipinski definition) is 1. The van der Waals surface area contributed by atoms with Gasteiger partial charge in [0.2, 0.25) is 0 Å². The average Bonchev–Trinajstić information content (AvgIpc) is 3.28. The molecule has 0 aliphatic heterocycles. The molecular weight excluding hydrogens is 366 g/mol. The van der Waals surface area contributed by atoms with E-state index >= 15 is 0 Å².